The minimum atomic E-state index is 0.373. The van der Waals surface area contributed by atoms with E-state index in [9.17, 15) is 0 Å². The van der Waals surface area contributed by atoms with E-state index in [0.29, 0.717) is 12.1 Å². The van der Waals surface area contributed by atoms with E-state index in [0.717, 1.165) is 6.42 Å². The van der Waals surface area contributed by atoms with Gasteiger partial charge >= 0.3 is 0 Å². The van der Waals surface area contributed by atoms with Gasteiger partial charge in [-0.05, 0) is 27.1 Å². The Morgan fingerprint density at radius 3 is 2.60 bits per heavy atom. The van der Waals surface area contributed by atoms with Crippen LogP contribution in [0.1, 0.15) is 13.3 Å². The standard InChI is InChI=1S/C8H15NO/c1-7-6-8(9(2)3)4-5-10-7/h4-5,7-8H,6H2,1-3H3/t7-,8-/m1/s1. The molecule has 58 valence electrons. The van der Waals surface area contributed by atoms with E-state index in [1.54, 1.807) is 6.26 Å². The summed E-state index contributed by atoms with van der Waals surface area (Å²) in [5, 5.41) is 0. The van der Waals surface area contributed by atoms with Crippen LogP contribution in [0, 0.1) is 0 Å². The van der Waals surface area contributed by atoms with Crippen LogP contribution in [0.15, 0.2) is 12.3 Å². The molecule has 0 amide bonds. The van der Waals surface area contributed by atoms with E-state index in [4.69, 9.17) is 4.74 Å². The van der Waals surface area contributed by atoms with Crippen molar-refractivity contribution in [3.63, 3.8) is 0 Å². The predicted molar refractivity (Wildman–Crippen MR) is 41.8 cm³/mol. The molecule has 2 heteroatoms. The molecule has 1 rings (SSSR count). The summed E-state index contributed by atoms with van der Waals surface area (Å²) in [5.41, 5.74) is 0. The van der Waals surface area contributed by atoms with Gasteiger partial charge in [-0.3, -0.25) is 0 Å². The first-order valence-electron chi connectivity index (χ1n) is 3.68. The molecule has 0 aromatic carbocycles. The van der Waals surface area contributed by atoms with Crippen LogP contribution in [0.3, 0.4) is 0 Å². The highest BCUT2D eigenvalue weighted by Crippen LogP contribution is 2.13. The molecule has 2 atom stereocenters. The quantitative estimate of drug-likeness (QED) is 0.544. The lowest BCUT2D eigenvalue weighted by Crippen LogP contribution is -2.32. The summed E-state index contributed by atoms with van der Waals surface area (Å²) in [6, 6.07) is 0.559. The van der Waals surface area contributed by atoms with Gasteiger partial charge in [0.2, 0.25) is 0 Å². The third kappa shape index (κ3) is 1.74. The maximum Gasteiger partial charge on any atom is 0.0968 e. The van der Waals surface area contributed by atoms with E-state index < -0.39 is 0 Å². The zero-order chi connectivity index (χ0) is 7.56. The van der Waals surface area contributed by atoms with Crippen molar-refractivity contribution in [3.05, 3.63) is 12.3 Å². The Balaban J connectivity index is 2.47. The van der Waals surface area contributed by atoms with Gasteiger partial charge in [0.05, 0.1) is 12.4 Å². The van der Waals surface area contributed by atoms with Gasteiger partial charge in [-0.25, -0.2) is 0 Å². The molecule has 0 N–H and O–H groups in total. The second-order valence-electron chi connectivity index (χ2n) is 3.04. The third-order valence-electron chi connectivity index (χ3n) is 1.85. The fourth-order valence-corrected chi connectivity index (χ4v) is 1.13. The summed E-state index contributed by atoms with van der Waals surface area (Å²) in [7, 11) is 4.18. The van der Waals surface area contributed by atoms with Gasteiger partial charge in [0.1, 0.15) is 0 Å². The van der Waals surface area contributed by atoms with Gasteiger partial charge < -0.3 is 9.64 Å². The number of likely N-dealkylation sites (N-methyl/N-ethyl adjacent to an activating group) is 1. The first kappa shape index (κ1) is 7.61. The number of rotatable bonds is 1. The Morgan fingerprint density at radius 2 is 2.20 bits per heavy atom. The molecule has 0 spiro atoms. The van der Waals surface area contributed by atoms with Crippen LogP contribution >= 0.6 is 0 Å². The molecular formula is C8H15NO. The zero-order valence-electron chi connectivity index (χ0n) is 6.87. The topological polar surface area (TPSA) is 12.5 Å². The summed E-state index contributed by atoms with van der Waals surface area (Å²) < 4.78 is 5.25. The van der Waals surface area contributed by atoms with Crippen molar-refractivity contribution < 1.29 is 4.74 Å². The van der Waals surface area contributed by atoms with Crippen molar-refractivity contribution >= 4 is 0 Å². The minimum absolute atomic E-state index is 0.373. The van der Waals surface area contributed by atoms with Gasteiger partial charge in [0.25, 0.3) is 0 Å². The highest BCUT2D eigenvalue weighted by molar-refractivity contribution is 4.94. The van der Waals surface area contributed by atoms with Gasteiger partial charge in [-0.2, -0.15) is 0 Å². The summed E-state index contributed by atoms with van der Waals surface area (Å²) in [6.07, 6.45) is 5.37. The Bertz CT molecular complexity index is 131. The van der Waals surface area contributed by atoms with E-state index in [-0.39, 0.29) is 0 Å². The molecule has 0 aromatic heterocycles. The molecule has 0 aromatic rings. The van der Waals surface area contributed by atoms with Crippen LogP contribution in [0.25, 0.3) is 0 Å². The molecule has 1 aliphatic rings. The Labute approximate surface area is 62.5 Å². The number of ether oxygens (including phenoxy) is 1. The lowest BCUT2D eigenvalue weighted by molar-refractivity contribution is 0.108. The summed E-state index contributed by atoms with van der Waals surface area (Å²) in [6.45, 7) is 2.10. The van der Waals surface area contributed by atoms with Gasteiger partial charge in [-0.1, -0.05) is 0 Å². The van der Waals surface area contributed by atoms with E-state index in [1.165, 1.54) is 0 Å². The molecule has 0 bridgehead atoms. The molecule has 1 aliphatic heterocycles. The largest absolute Gasteiger partial charge is 0.499 e. The second kappa shape index (κ2) is 3.06. The van der Waals surface area contributed by atoms with Crippen LogP contribution in [0.5, 0.6) is 0 Å². The molecule has 2 nitrogen and oxygen atoms in total. The maximum atomic E-state index is 5.25. The molecule has 0 aliphatic carbocycles. The summed E-state index contributed by atoms with van der Waals surface area (Å²) in [5.74, 6) is 0. The van der Waals surface area contributed by atoms with Crippen LogP contribution in [0.2, 0.25) is 0 Å². The molecular weight excluding hydrogens is 126 g/mol. The molecule has 0 radical (unpaired) electrons. The Morgan fingerprint density at radius 1 is 1.50 bits per heavy atom. The Hall–Kier alpha value is -0.500. The van der Waals surface area contributed by atoms with Crippen molar-refractivity contribution in [2.24, 2.45) is 0 Å². The molecule has 0 fully saturated rings. The normalized spacial score (nSPS) is 32.4. The van der Waals surface area contributed by atoms with Crippen molar-refractivity contribution in [3.8, 4) is 0 Å². The van der Waals surface area contributed by atoms with Crippen molar-refractivity contribution in [2.45, 2.75) is 25.5 Å². The van der Waals surface area contributed by atoms with Gasteiger partial charge in [-0.15, -0.1) is 0 Å². The first-order chi connectivity index (χ1) is 4.70. The number of hydrogen-bond donors (Lipinski definition) is 0. The van der Waals surface area contributed by atoms with Gasteiger partial charge in [0.15, 0.2) is 0 Å². The fourth-order valence-electron chi connectivity index (χ4n) is 1.13. The summed E-state index contributed by atoms with van der Waals surface area (Å²) >= 11 is 0. The number of nitrogens with zero attached hydrogens (tertiary/aromatic N) is 1. The van der Waals surface area contributed by atoms with Crippen LogP contribution in [-0.4, -0.2) is 31.1 Å². The van der Waals surface area contributed by atoms with E-state index >= 15 is 0 Å². The maximum absolute atomic E-state index is 5.25. The first-order valence-corrected chi connectivity index (χ1v) is 3.68. The average molecular weight is 141 g/mol. The van der Waals surface area contributed by atoms with Crippen molar-refractivity contribution in [2.75, 3.05) is 14.1 Å². The number of hydrogen-bond acceptors (Lipinski definition) is 2. The van der Waals surface area contributed by atoms with Crippen LogP contribution < -0.4 is 0 Å². The Kier molecular flexibility index (Phi) is 2.33. The highest BCUT2D eigenvalue weighted by atomic mass is 16.5. The zero-order valence-corrected chi connectivity index (χ0v) is 6.87. The molecule has 0 saturated carbocycles. The monoisotopic (exact) mass is 141 g/mol. The second-order valence-corrected chi connectivity index (χ2v) is 3.04. The third-order valence-corrected chi connectivity index (χ3v) is 1.85. The lowest BCUT2D eigenvalue weighted by Gasteiger charge is -2.27. The van der Waals surface area contributed by atoms with Crippen LogP contribution in [-0.2, 0) is 4.74 Å². The minimum Gasteiger partial charge on any atom is -0.499 e. The van der Waals surface area contributed by atoms with Crippen molar-refractivity contribution in [1.29, 1.82) is 0 Å². The molecule has 1 heterocycles. The summed E-state index contributed by atoms with van der Waals surface area (Å²) in [4.78, 5) is 2.20. The van der Waals surface area contributed by atoms with E-state index in [1.807, 2.05) is 0 Å². The average Bonchev–Trinajstić information content (AvgIpc) is 1.88. The molecule has 0 saturated heterocycles. The fraction of sp³-hybridized carbons (Fsp3) is 0.750. The SMILES string of the molecule is C[C@@H]1C[C@H](N(C)C)C=CO1. The smallest absolute Gasteiger partial charge is 0.0968 e. The van der Waals surface area contributed by atoms with Crippen molar-refractivity contribution in [1.82, 2.24) is 4.90 Å². The van der Waals surface area contributed by atoms with E-state index in [2.05, 4.69) is 32.0 Å². The highest BCUT2D eigenvalue weighted by Gasteiger charge is 2.15. The molecule has 10 heavy (non-hydrogen) atoms. The lowest BCUT2D eigenvalue weighted by atomic mass is 10.1. The van der Waals surface area contributed by atoms with Crippen LogP contribution in [0.4, 0.5) is 0 Å². The molecule has 0 unspecified atom stereocenters. The van der Waals surface area contributed by atoms with Gasteiger partial charge in [0, 0.05) is 12.5 Å². The predicted octanol–water partition coefficient (Wildman–Crippen LogP) is 1.24.